The zero-order valence-electron chi connectivity index (χ0n) is 13.7. The van der Waals surface area contributed by atoms with Crippen molar-refractivity contribution >= 4 is 28.6 Å². The van der Waals surface area contributed by atoms with Gasteiger partial charge in [-0.05, 0) is 25.0 Å². The molecule has 8 heteroatoms. The van der Waals surface area contributed by atoms with Crippen LogP contribution in [0, 0.1) is 0 Å². The molecule has 0 bridgehead atoms. The number of hydrogen-bond acceptors (Lipinski definition) is 5. The standard InChI is InChI=1S/C17H17N5O2S/c1-10-7-11-3-2-4-12-14(11)22(10)8-13(15(12)23)16(24)18-5-6-25-17-19-9-20-21-17/h2-4,8-10H,5-7H2,1H3,(H,18,24)(H,19,20,21)/t10-/m0/s1. The number of H-pyrrole nitrogens is 1. The largest absolute Gasteiger partial charge is 0.351 e. The second kappa shape index (κ2) is 6.36. The number of nitrogens with one attached hydrogen (secondary N) is 2. The third-order valence-corrected chi connectivity index (χ3v) is 5.27. The molecule has 0 saturated carbocycles. The van der Waals surface area contributed by atoms with Crippen LogP contribution < -0.4 is 10.7 Å². The highest BCUT2D eigenvalue weighted by molar-refractivity contribution is 7.99. The normalized spacial score (nSPS) is 15.6. The molecule has 2 N–H and O–H groups in total. The van der Waals surface area contributed by atoms with Crippen LogP contribution in [0.1, 0.15) is 28.9 Å². The molecule has 1 amide bonds. The number of hydrogen-bond donors (Lipinski definition) is 2. The molecule has 0 fully saturated rings. The number of aromatic amines is 1. The number of pyridine rings is 1. The van der Waals surface area contributed by atoms with Crippen molar-refractivity contribution in [3.05, 3.63) is 52.1 Å². The third-order valence-electron chi connectivity index (χ3n) is 4.39. The van der Waals surface area contributed by atoms with Crippen molar-refractivity contribution in [2.75, 3.05) is 12.3 Å². The first-order valence-corrected chi connectivity index (χ1v) is 9.07. The van der Waals surface area contributed by atoms with Gasteiger partial charge in [0.25, 0.3) is 5.91 Å². The lowest BCUT2D eigenvalue weighted by atomic mass is 10.1. The third kappa shape index (κ3) is 2.82. The van der Waals surface area contributed by atoms with Gasteiger partial charge >= 0.3 is 0 Å². The summed E-state index contributed by atoms with van der Waals surface area (Å²) in [5, 5.41) is 10.6. The Morgan fingerprint density at radius 2 is 2.36 bits per heavy atom. The molecular formula is C17H17N5O2S. The molecule has 1 aromatic carbocycles. The van der Waals surface area contributed by atoms with Crippen LogP contribution in [0.25, 0.3) is 10.9 Å². The van der Waals surface area contributed by atoms with Crippen LogP contribution in [-0.2, 0) is 6.42 Å². The number of carbonyl (C=O) groups is 1. The Balaban J connectivity index is 1.54. The minimum Gasteiger partial charge on any atom is -0.351 e. The molecule has 0 saturated heterocycles. The summed E-state index contributed by atoms with van der Waals surface area (Å²) in [6.07, 6.45) is 4.02. The van der Waals surface area contributed by atoms with Crippen molar-refractivity contribution in [1.82, 2.24) is 25.1 Å². The van der Waals surface area contributed by atoms with E-state index in [1.807, 2.05) is 16.7 Å². The maximum atomic E-state index is 12.7. The Hall–Kier alpha value is -2.61. The highest BCUT2D eigenvalue weighted by atomic mass is 32.2. The van der Waals surface area contributed by atoms with E-state index in [4.69, 9.17) is 0 Å². The van der Waals surface area contributed by atoms with E-state index < -0.39 is 0 Å². The molecule has 0 unspecified atom stereocenters. The number of carbonyl (C=O) groups excluding carboxylic acids is 1. The van der Waals surface area contributed by atoms with Crippen molar-refractivity contribution < 1.29 is 4.79 Å². The summed E-state index contributed by atoms with van der Waals surface area (Å²) >= 11 is 1.46. The first kappa shape index (κ1) is 15.9. The van der Waals surface area contributed by atoms with E-state index in [0.717, 1.165) is 17.5 Å². The first-order valence-electron chi connectivity index (χ1n) is 8.08. The maximum absolute atomic E-state index is 12.7. The van der Waals surface area contributed by atoms with Gasteiger partial charge in [-0.1, -0.05) is 23.9 Å². The number of benzene rings is 1. The van der Waals surface area contributed by atoms with E-state index >= 15 is 0 Å². The van der Waals surface area contributed by atoms with Crippen LogP contribution in [-0.4, -0.2) is 38.0 Å². The van der Waals surface area contributed by atoms with Crippen molar-refractivity contribution in [3.8, 4) is 0 Å². The molecule has 128 valence electrons. The smallest absolute Gasteiger partial charge is 0.256 e. The van der Waals surface area contributed by atoms with Crippen LogP contribution in [0.5, 0.6) is 0 Å². The zero-order valence-corrected chi connectivity index (χ0v) is 14.5. The van der Waals surface area contributed by atoms with E-state index in [9.17, 15) is 9.59 Å². The molecule has 3 heterocycles. The van der Waals surface area contributed by atoms with Gasteiger partial charge in [0.05, 0.1) is 5.52 Å². The Labute approximate surface area is 147 Å². The molecule has 1 aliphatic heterocycles. The summed E-state index contributed by atoms with van der Waals surface area (Å²) in [7, 11) is 0. The van der Waals surface area contributed by atoms with Gasteiger partial charge in [-0.25, -0.2) is 4.98 Å². The second-order valence-corrected chi connectivity index (χ2v) is 7.12. The molecule has 2 aromatic heterocycles. The van der Waals surface area contributed by atoms with Gasteiger partial charge in [-0.2, -0.15) is 5.10 Å². The molecule has 0 spiro atoms. The molecule has 0 radical (unpaired) electrons. The summed E-state index contributed by atoms with van der Waals surface area (Å²) in [5.74, 6) is 0.307. The predicted molar refractivity (Wildman–Crippen MR) is 96.1 cm³/mol. The Bertz CT molecular complexity index is 996. The van der Waals surface area contributed by atoms with Gasteiger partial charge in [0.1, 0.15) is 11.9 Å². The Kier molecular flexibility index (Phi) is 4.04. The molecule has 3 aromatic rings. The minimum atomic E-state index is -0.335. The van der Waals surface area contributed by atoms with E-state index in [2.05, 4.69) is 27.4 Å². The maximum Gasteiger partial charge on any atom is 0.256 e. The number of para-hydroxylation sites is 1. The summed E-state index contributed by atoms with van der Waals surface area (Å²) in [5.41, 5.74) is 2.11. The van der Waals surface area contributed by atoms with Gasteiger partial charge < -0.3 is 9.88 Å². The number of amides is 1. The quantitative estimate of drug-likeness (QED) is 0.537. The lowest BCUT2D eigenvalue weighted by Crippen LogP contribution is -2.31. The van der Waals surface area contributed by atoms with Crippen LogP contribution in [0.4, 0.5) is 0 Å². The van der Waals surface area contributed by atoms with Gasteiger partial charge in [-0.15, -0.1) is 0 Å². The minimum absolute atomic E-state index is 0.197. The fraction of sp³-hybridized carbons (Fsp3) is 0.294. The second-order valence-electron chi connectivity index (χ2n) is 6.04. The number of nitrogens with zero attached hydrogens (tertiary/aromatic N) is 3. The zero-order chi connectivity index (χ0) is 17.4. The lowest BCUT2D eigenvalue weighted by Gasteiger charge is -2.12. The summed E-state index contributed by atoms with van der Waals surface area (Å²) in [6, 6.07) is 5.97. The molecule has 7 nitrogen and oxygen atoms in total. The van der Waals surface area contributed by atoms with Gasteiger partial charge in [0, 0.05) is 29.9 Å². The molecule has 25 heavy (non-hydrogen) atoms. The summed E-state index contributed by atoms with van der Waals surface area (Å²) < 4.78 is 2.05. The van der Waals surface area contributed by atoms with E-state index in [-0.39, 0.29) is 22.9 Å². The van der Waals surface area contributed by atoms with Gasteiger partial charge in [0.15, 0.2) is 5.16 Å². The Morgan fingerprint density at radius 1 is 1.48 bits per heavy atom. The van der Waals surface area contributed by atoms with Crippen molar-refractivity contribution in [3.63, 3.8) is 0 Å². The van der Waals surface area contributed by atoms with Crippen LogP contribution in [0.2, 0.25) is 0 Å². The number of aromatic nitrogens is 4. The number of rotatable bonds is 5. The SMILES string of the molecule is C[C@H]1Cc2cccc3c(=O)c(C(=O)NCCSc4ncn[nH]4)cn1c23. The van der Waals surface area contributed by atoms with Gasteiger partial charge in [-0.3, -0.25) is 14.7 Å². The van der Waals surface area contributed by atoms with Crippen LogP contribution >= 0.6 is 11.8 Å². The van der Waals surface area contributed by atoms with Crippen LogP contribution in [0.3, 0.4) is 0 Å². The average Bonchev–Trinajstić information content (AvgIpc) is 3.23. The van der Waals surface area contributed by atoms with E-state index in [1.54, 1.807) is 12.3 Å². The monoisotopic (exact) mass is 355 g/mol. The lowest BCUT2D eigenvalue weighted by molar-refractivity contribution is 0.0954. The fourth-order valence-electron chi connectivity index (χ4n) is 3.25. The van der Waals surface area contributed by atoms with Gasteiger partial charge in [0.2, 0.25) is 5.43 Å². The molecule has 1 atom stereocenters. The first-order chi connectivity index (χ1) is 12.1. The fourth-order valence-corrected chi connectivity index (χ4v) is 3.89. The number of thioether (sulfide) groups is 1. The topological polar surface area (TPSA) is 92.7 Å². The molecule has 1 aliphatic rings. The Morgan fingerprint density at radius 3 is 3.16 bits per heavy atom. The van der Waals surface area contributed by atoms with E-state index in [0.29, 0.717) is 22.8 Å². The molecule has 0 aliphatic carbocycles. The summed E-state index contributed by atoms with van der Waals surface area (Å²) in [6.45, 7) is 2.54. The van der Waals surface area contributed by atoms with E-state index in [1.165, 1.54) is 18.1 Å². The van der Waals surface area contributed by atoms with Crippen molar-refractivity contribution in [2.45, 2.75) is 24.5 Å². The predicted octanol–water partition coefficient (Wildman–Crippen LogP) is 1.76. The van der Waals surface area contributed by atoms with Crippen molar-refractivity contribution in [1.29, 1.82) is 0 Å². The summed E-state index contributed by atoms with van der Waals surface area (Å²) in [4.78, 5) is 29.2. The highest BCUT2D eigenvalue weighted by Crippen LogP contribution is 2.30. The van der Waals surface area contributed by atoms with Crippen LogP contribution in [0.15, 0.2) is 40.7 Å². The molecular weight excluding hydrogens is 338 g/mol. The molecule has 4 rings (SSSR count). The average molecular weight is 355 g/mol. The van der Waals surface area contributed by atoms with Crippen molar-refractivity contribution in [2.24, 2.45) is 0 Å². The highest BCUT2D eigenvalue weighted by Gasteiger charge is 2.24.